The highest BCUT2D eigenvalue weighted by Gasteiger charge is 2.12. The molecule has 52 valence electrons. The Balaban J connectivity index is 3.63. The highest BCUT2D eigenvalue weighted by molar-refractivity contribution is 6.64. The van der Waals surface area contributed by atoms with Crippen LogP contribution in [0.15, 0.2) is 0 Å². The molecule has 3 nitrogen and oxygen atoms in total. The zero-order chi connectivity index (χ0) is 7.44. The van der Waals surface area contributed by atoms with Gasteiger partial charge in [0.25, 0.3) is 0 Å². The summed E-state index contributed by atoms with van der Waals surface area (Å²) in [5, 5.41) is 7.52. The fourth-order valence-corrected chi connectivity index (χ4v) is 0.419. The molecular weight excluding hydrogens is 144 g/mol. The monoisotopic (exact) mass is 150 g/mol. The molecule has 0 heterocycles. The summed E-state index contributed by atoms with van der Waals surface area (Å²) in [7, 11) is 0. The minimum Gasteiger partial charge on any atom is -0.481 e. The number of carbonyl (C=O) groups excluding carboxylic acids is 1. The number of hydrogen-bond acceptors (Lipinski definition) is 2. The Labute approximate surface area is 57.6 Å². The molecule has 0 aliphatic heterocycles. The first-order chi connectivity index (χ1) is 4.04. The van der Waals surface area contributed by atoms with Gasteiger partial charge in [-0.25, -0.2) is 0 Å². The third-order valence-electron chi connectivity index (χ3n) is 0.868. The Morgan fingerprint density at radius 1 is 1.67 bits per heavy atom. The van der Waals surface area contributed by atoms with Gasteiger partial charge in [0.15, 0.2) is 0 Å². The topological polar surface area (TPSA) is 54.4 Å². The van der Waals surface area contributed by atoms with Gasteiger partial charge >= 0.3 is 5.97 Å². The van der Waals surface area contributed by atoms with Crippen molar-refractivity contribution < 1.29 is 14.7 Å². The highest BCUT2D eigenvalue weighted by atomic mass is 35.5. The average Bonchev–Trinajstić information content (AvgIpc) is 1.63. The smallest absolute Gasteiger partial charge is 0.304 e. The summed E-state index contributed by atoms with van der Waals surface area (Å²) in [6, 6.07) is 0. The van der Waals surface area contributed by atoms with E-state index < -0.39 is 17.1 Å². The van der Waals surface area contributed by atoms with E-state index in [1.165, 1.54) is 6.92 Å². The second-order valence-electron chi connectivity index (χ2n) is 1.80. The van der Waals surface area contributed by atoms with E-state index in [0.29, 0.717) is 0 Å². The zero-order valence-corrected chi connectivity index (χ0v) is 5.68. The fraction of sp³-hybridized carbons (Fsp3) is 0.600. The number of hydrogen-bond donors (Lipinski definition) is 1. The van der Waals surface area contributed by atoms with Crippen LogP contribution in [0.3, 0.4) is 0 Å². The SMILES string of the molecule is CC(CC(=O)O)C(=O)Cl. The van der Waals surface area contributed by atoms with E-state index in [4.69, 9.17) is 16.7 Å². The van der Waals surface area contributed by atoms with E-state index in [0.717, 1.165) is 0 Å². The molecule has 9 heavy (non-hydrogen) atoms. The van der Waals surface area contributed by atoms with Crippen molar-refractivity contribution in [2.24, 2.45) is 5.92 Å². The summed E-state index contributed by atoms with van der Waals surface area (Å²) in [5.41, 5.74) is 0. The van der Waals surface area contributed by atoms with E-state index in [1.54, 1.807) is 0 Å². The summed E-state index contributed by atoms with van der Waals surface area (Å²) in [6.07, 6.45) is -0.192. The summed E-state index contributed by atoms with van der Waals surface area (Å²) in [4.78, 5) is 20.1. The van der Waals surface area contributed by atoms with Gasteiger partial charge in [-0.3, -0.25) is 9.59 Å². The third-order valence-corrected chi connectivity index (χ3v) is 1.24. The molecule has 4 heteroatoms. The highest BCUT2D eigenvalue weighted by Crippen LogP contribution is 2.04. The Kier molecular flexibility index (Phi) is 3.24. The molecule has 0 saturated heterocycles. The lowest BCUT2D eigenvalue weighted by atomic mass is 10.1. The maximum Gasteiger partial charge on any atom is 0.304 e. The molecule has 0 aromatic heterocycles. The number of carboxylic acid groups (broad SMARTS) is 1. The van der Waals surface area contributed by atoms with Gasteiger partial charge in [-0.2, -0.15) is 0 Å². The van der Waals surface area contributed by atoms with Crippen molar-refractivity contribution in [2.45, 2.75) is 13.3 Å². The maximum atomic E-state index is 10.2. The largest absolute Gasteiger partial charge is 0.481 e. The van der Waals surface area contributed by atoms with Gasteiger partial charge in [0.05, 0.1) is 6.42 Å². The molecule has 0 spiro atoms. The number of rotatable bonds is 3. The summed E-state index contributed by atoms with van der Waals surface area (Å²) >= 11 is 4.97. The Morgan fingerprint density at radius 2 is 2.11 bits per heavy atom. The Bertz CT molecular complexity index is 132. The summed E-state index contributed by atoms with van der Waals surface area (Å²) < 4.78 is 0. The van der Waals surface area contributed by atoms with Crippen molar-refractivity contribution in [1.82, 2.24) is 0 Å². The number of carboxylic acids is 1. The lowest BCUT2D eigenvalue weighted by Crippen LogP contribution is -2.09. The van der Waals surface area contributed by atoms with Crippen LogP contribution in [0.1, 0.15) is 13.3 Å². The molecule has 0 bridgehead atoms. The van der Waals surface area contributed by atoms with Crippen molar-refractivity contribution in [3.05, 3.63) is 0 Å². The molecule has 0 aromatic rings. The fourth-order valence-electron chi connectivity index (χ4n) is 0.342. The molecule has 0 amide bonds. The van der Waals surface area contributed by atoms with Gasteiger partial charge in [-0.1, -0.05) is 6.92 Å². The number of halogens is 1. The van der Waals surface area contributed by atoms with Gasteiger partial charge in [0.1, 0.15) is 0 Å². The summed E-state index contributed by atoms with van der Waals surface area (Å²) in [6.45, 7) is 1.48. The van der Waals surface area contributed by atoms with E-state index in [1.807, 2.05) is 0 Å². The molecule has 0 aliphatic rings. The first-order valence-corrected chi connectivity index (χ1v) is 2.83. The zero-order valence-electron chi connectivity index (χ0n) is 4.93. The van der Waals surface area contributed by atoms with Crippen LogP contribution in [0.5, 0.6) is 0 Å². The van der Waals surface area contributed by atoms with Crippen LogP contribution in [0.25, 0.3) is 0 Å². The molecule has 1 N–H and O–H groups in total. The van der Waals surface area contributed by atoms with Crippen LogP contribution in [-0.2, 0) is 9.59 Å². The molecule has 0 saturated carbocycles. The molecule has 0 rings (SSSR count). The third kappa shape index (κ3) is 3.97. The van der Waals surface area contributed by atoms with E-state index in [-0.39, 0.29) is 6.42 Å². The van der Waals surface area contributed by atoms with E-state index >= 15 is 0 Å². The Morgan fingerprint density at radius 3 is 2.22 bits per heavy atom. The molecule has 0 radical (unpaired) electrons. The minimum absolute atomic E-state index is 0.192. The lowest BCUT2D eigenvalue weighted by molar-refractivity contribution is -0.139. The van der Waals surface area contributed by atoms with Gasteiger partial charge in [0, 0.05) is 5.92 Å². The normalized spacial score (nSPS) is 12.7. The Hall–Kier alpha value is -0.570. The van der Waals surface area contributed by atoms with Crippen LogP contribution in [0, 0.1) is 5.92 Å². The number of carbonyl (C=O) groups is 2. The van der Waals surface area contributed by atoms with Crippen LogP contribution in [-0.4, -0.2) is 16.3 Å². The second kappa shape index (κ2) is 3.45. The summed E-state index contributed by atoms with van der Waals surface area (Å²) in [5.74, 6) is -1.58. The molecular formula is C5H7ClO3. The van der Waals surface area contributed by atoms with Crippen LogP contribution in [0.2, 0.25) is 0 Å². The van der Waals surface area contributed by atoms with Crippen LogP contribution < -0.4 is 0 Å². The van der Waals surface area contributed by atoms with Crippen molar-refractivity contribution in [2.75, 3.05) is 0 Å². The van der Waals surface area contributed by atoms with Gasteiger partial charge < -0.3 is 5.11 Å². The predicted molar refractivity (Wildman–Crippen MR) is 32.3 cm³/mol. The standard InChI is InChI=1S/C5H7ClO3/c1-3(5(6)9)2-4(7)8/h3H,2H2,1H3,(H,7,8). The molecule has 0 fully saturated rings. The minimum atomic E-state index is -1.00. The van der Waals surface area contributed by atoms with Crippen molar-refractivity contribution >= 4 is 22.8 Å². The van der Waals surface area contributed by atoms with Crippen molar-refractivity contribution in [1.29, 1.82) is 0 Å². The van der Waals surface area contributed by atoms with Gasteiger partial charge in [-0.05, 0) is 11.6 Å². The van der Waals surface area contributed by atoms with Gasteiger partial charge in [-0.15, -0.1) is 0 Å². The number of aliphatic carboxylic acids is 1. The van der Waals surface area contributed by atoms with Crippen LogP contribution in [0.4, 0.5) is 0 Å². The van der Waals surface area contributed by atoms with Crippen molar-refractivity contribution in [3.8, 4) is 0 Å². The maximum absolute atomic E-state index is 10.2. The first kappa shape index (κ1) is 8.43. The first-order valence-electron chi connectivity index (χ1n) is 2.45. The molecule has 1 unspecified atom stereocenters. The van der Waals surface area contributed by atoms with Crippen molar-refractivity contribution in [3.63, 3.8) is 0 Å². The molecule has 0 aliphatic carbocycles. The van der Waals surface area contributed by atoms with Crippen LogP contribution >= 0.6 is 11.6 Å². The average molecular weight is 151 g/mol. The van der Waals surface area contributed by atoms with Gasteiger partial charge in [0.2, 0.25) is 5.24 Å². The quantitative estimate of drug-likeness (QED) is 0.608. The molecule has 0 aromatic carbocycles. The second-order valence-corrected chi connectivity index (χ2v) is 2.18. The lowest BCUT2D eigenvalue weighted by Gasteiger charge is -1.98. The predicted octanol–water partition coefficient (Wildman–Crippen LogP) is 0.863. The van der Waals surface area contributed by atoms with E-state index in [2.05, 4.69) is 0 Å². The molecule has 1 atom stereocenters. The van der Waals surface area contributed by atoms with E-state index in [9.17, 15) is 9.59 Å².